The third-order valence-electron chi connectivity index (χ3n) is 4.84. The Hall–Kier alpha value is -2.35. The molecule has 140 valence electrons. The molecule has 3 rings (SSSR count). The molecule has 2 heterocycles. The molecule has 1 fully saturated rings. The van der Waals surface area contributed by atoms with Crippen molar-refractivity contribution in [2.75, 3.05) is 18.0 Å². The minimum absolute atomic E-state index is 0.116. The van der Waals surface area contributed by atoms with Gasteiger partial charge >= 0.3 is 6.18 Å². The van der Waals surface area contributed by atoms with E-state index in [9.17, 15) is 23.1 Å². The van der Waals surface area contributed by atoms with E-state index in [1.807, 2.05) is 0 Å². The van der Waals surface area contributed by atoms with Crippen molar-refractivity contribution in [1.82, 2.24) is 10.2 Å². The minimum Gasteiger partial charge on any atom is -0.393 e. The molecule has 0 radical (unpaired) electrons. The van der Waals surface area contributed by atoms with Crippen molar-refractivity contribution in [2.45, 2.75) is 32.0 Å². The van der Waals surface area contributed by atoms with Crippen molar-refractivity contribution < 1.29 is 18.3 Å². The quantitative estimate of drug-likeness (QED) is 0.875. The maximum Gasteiger partial charge on any atom is 0.418 e. The van der Waals surface area contributed by atoms with Crippen LogP contribution in [-0.4, -0.2) is 34.5 Å². The molecule has 0 aliphatic carbocycles. The van der Waals surface area contributed by atoms with Gasteiger partial charge in [-0.1, -0.05) is 6.07 Å². The Labute approximate surface area is 148 Å². The highest BCUT2D eigenvalue weighted by Gasteiger charge is 2.36. The minimum atomic E-state index is -4.51. The molecule has 0 spiro atoms. The summed E-state index contributed by atoms with van der Waals surface area (Å²) in [5, 5.41) is 15.7. The van der Waals surface area contributed by atoms with E-state index in [1.54, 1.807) is 17.9 Å². The molecule has 1 aliphatic rings. The maximum absolute atomic E-state index is 13.6. The number of aliphatic hydroxyl groups excluding tert-OH is 1. The lowest BCUT2D eigenvalue weighted by atomic mass is 9.91. The zero-order valence-electron chi connectivity index (χ0n) is 14.3. The van der Waals surface area contributed by atoms with Crippen LogP contribution in [0.3, 0.4) is 0 Å². The summed E-state index contributed by atoms with van der Waals surface area (Å²) in [6.07, 6.45) is -3.65. The first-order chi connectivity index (χ1) is 12.3. The summed E-state index contributed by atoms with van der Waals surface area (Å²) in [7, 11) is 0. The Balaban J connectivity index is 1.93. The van der Waals surface area contributed by atoms with Crippen molar-refractivity contribution in [1.29, 1.82) is 0 Å². The fourth-order valence-electron chi connectivity index (χ4n) is 3.33. The van der Waals surface area contributed by atoms with Gasteiger partial charge in [-0.3, -0.25) is 4.79 Å². The van der Waals surface area contributed by atoms with Crippen molar-refractivity contribution in [3.63, 3.8) is 0 Å². The van der Waals surface area contributed by atoms with E-state index in [-0.39, 0.29) is 22.9 Å². The number of H-pyrrole nitrogens is 1. The van der Waals surface area contributed by atoms with Crippen LogP contribution < -0.4 is 10.5 Å². The lowest BCUT2D eigenvalue weighted by molar-refractivity contribution is -0.137. The number of aliphatic hydroxyl groups is 1. The summed E-state index contributed by atoms with van der Waals surface area (Å²) < 4.78 is 40.9. The van der Waals surface area contributed by atoms with Gasteiger partial charge in [0.05, 0.1) is 17.4 Å². The third-order valence-corrected chi connectivity index (χ3v) is 4.84. The predicted octanol–water partition coefficient (Wildman–Crippen LogP) is 3.05. The molecule has 1 aliphatic heterocycles. The molecule has 26 heavy (non-hydrogen) atoms. The van der Waals surface area contributed by atoms with Crippen LogP contribution in [0.5, 0.6) is 0 Å². The van der Waals surface area contributed by atoms with E-state index in [4.69, 9.17) is 0 Å². The second kappa shape index (κ2) is 7.11. The standard InChI is InChI=1S/C18H20F3N3O2/c1-11(25)12-6-8-24(9-7-12)16-4-2-13(10-14(16)18(19,20)21)15-3-5-17(26)23-22-15/h2-5,10-12,25H,6-9H2,1H3,(H,23,26)/t11-/m1/s1. The second-order valence-corrected chi connectivity index (χ2v) is 6.60. The number of nitrogens with zero attached hydrogens (tertiary/aromatic N) is 2. The van der Waals surface area contributed by atoms with Gasteiger partial charge in [-0.25, -0.2) is 5.10 Å². The number of anilines is 1. The summed E-state index contributed by atoms with van der Waals surface area (Å²) in [5.41, 5.74) is -0.443. The number of nitrogens with one attached hydrogen (secondary N) is 1. The van der Waals surface area contributed by atoms with E-state index >= 15 is 0 Å². The van der Waals surface area contributed by atoms with Gasteiger partial charge in [-0.05, 0) is 43.9 Å². The molecule has 1 saturated heterocycles. The average molecular weight is 367 g/mol. The Bertz CT molecular complexity index is 805. The summed E-state index contributed by atoms with van der Waals surface area (Å²) in [6, 6.07) is 6.71. The van der Waals surface area contributed by atoms with Crippen LogP contribution in [0, 0.1) is 5.92 Å². The highest BCUT2D eigenvalue weighted by molar-refractivity contribution is 5.67. The van der Waals surface area contributed by atoms with Gasteiger partial charge in [0.2, 0.25) is 0 Å². The number of alkyl halides is 3. The topological polar surface area (TPSA) is 69.2 Å². The van der Waals surface area contributed by atoms with Crippen molar-refractivity contribution in [3.05, 3.63) is 46.2 Å². The maximum atomic E-state index is 13.6. The van der Waals surface area contributed by atoms with Crippen molar-refractivity contribution in [3.8, 4) is 11.3 Å². The Morgan fingerprint density at radius 3 is 2.46 bits per heavy atom. The molecule has 2 N–H and O–H groups in total. The van der Waals surface area contributed by atoms with E-state index in [0.29, 0.717) is 25.9 Å². The van der Waals surface area contributed by atoms with Crippen LogP contribution in [0.25, 0.3) is 11.3 Å². The Morgan fingerprint density at radius 1 is 1.23 bits per heavy atom. The molecular weight excluding hydrogens is 347 g/mol. The molecule has 0 amide bonds. The SMILES string of the molecule is C[C@@H](O)C1CCN(c2ccc(-c3ccc(=O)[nH]n3)cc2C(F)(F)F)CC1. The molecule has 2 aromatic rings. The smallest absolute Gasteiger partial charge is 0.393 e. The van der Waals surface area contributed by atoms with Gasteiger partial charge in [0.15, 0.2) is 0 Å². The molecule has 1 atom stereocenters. The molecule has 0 bridgehead atoms. The summed E-state index contributed by atoms with van der Waals surface area (Å²) in [6.45, 7) is 2.65. The summed E-state index contributed by atoms with van der Waals surface area (Å²) in [5.74, 6) is 0.116. The number of benzene rings is 1. The van der Waals surface area contributed by atoms with E-state index in [0.717, 1.165) is 6.07 Å². The summed E-state index contributed by atoms with van der Waals surface area (Å²) in [4.78, 5) is 12.8. The average Bonchev–Trinajstić information content (AvgIpc) is 2.61. The monoisotopic (exact) mass is 367 g/mol. The predicted molar refractivity (Wildman–Crippen MR) is 91.9 cm³/mol. The van der Waals surface area contributed by atoms with Crippen LogP contribution in [0.15, 0.2) is 35.1 Å². The van der Waals surface area contributed by atoms with Crippen molar-refractivity contribution in [2.24, 2.45) is 5.92 Å². The highest BCUT2D eigenvalue weighted by Crippen LogP contribution is 2.40. The third kappa shape index (κ3) is 3.90. The zero-order valence-corrected chi connectivity index (χ0v) is 14.3. The van der Waals surface area contributed by atoms with Crippen molar-refractivity contribution >= 4 is 5.69 Å². The Kier molecular flexibility index (Phi) is 5.04. The second-order valence-electron chi connectivity index (χ2n) is 6.60. The lowest BCUT2D eigenvalue weighted by Crippen LogP contribution is -2.38. The number of hydrogen-bond acceptors (Lipinski definition) is 4. The van der Waals surface area contributed by atoms with E-state index < -0.39 is 23.4 Å². The molecule has 0 saturated carbocycles. The van der Waals surface area contributed by atoms with Crippen LogP contribution in [-0.2, 0) is 6.18 Å². The first-order valence-corrected chi connectivity index (χ1v) is 8.46. The first-order valence-electron chi connectivity index (χ1n) is 8.46. The number of aromatic nitrogens is 2. The highest BCUT2D eigenvalue weighted by atomic mass is 19.4. The largest absolute Gasteiger partial charge is 0.418 e. The van der Waals surface area contributed by atoms with Crippen LogP contribution >= 0.6 is 0 Å². The van der Waals surface area contributed by atoms with Gasteiger partial charge in [-0.2, -0.15) is 18.3 Å². The fraction of sp³-hybridized carbons (Fsp3) is 0.444. The molecule has 1 aromatic carbocycles. The van der Waals surface area contributed by atoms with Crippen LogP contribution in [0.1, 0.15) is 25.3 Å². The number of hydrogen-bond donors (Lipinski definition) is 2. The number of rotatable bonds is 3. The van der Waals surface area contributed by atoms with E-state index in [2.05, 4.69) is 10.2 Å². The zero-order chi connectivity index (χ0) is 18.9. The lowest BCUT2D eigenvalue weighted by Gasteiger charge is -2.36. The number of aromatic amines is 1. The molecule has 0 unspecified atom stereocenters. The summed E-state index contributed by atoms with van der Waals surface area (Å²) >= 11 is 0. The van der Waals surface area contributed by atoms with E-state index in [1.165, 1.54) is 18.2 Å². The molecular formula is C18H20F3N3O2. The van der Waals surface area contributed by atoms with Gasteiger partial charge in [-0.15, -0.1) is 0 Å². The van der Waals surface area contributed by atoms with Crippen LogP contribution in [0.2, 0.25) is 0 Å². The van der Waals surface area contributed by atoms with Gasteiger partial charge < -0.3 is 10.0 Å². The number of piperidine rings is 1. The number of halogens is 3. The molecule has 5 nitrogen and oxygen atoms in total. The van der Waals surface area contributed by atoms with Gasteiger partial charge in [0, 0.05) is 30.4 Å². The Morgan fingerprint density at radius 2 is 1.92 bits per heavy atom. The van der Waals surface area contributed by atoms with Crippen LogP contribution in [0.4, 0.5) is 18.9 Å². The normalized spacial score (nSPS) is 17.3. The van der Waals surface area contributed by atoms with Gasteiger partial charge in [0.1, 0.15) is 0 Å². The first kappa shape index (κ1) is 18.4. The molecule has 1 aromatic heterocycles. The molecule has 8 heteroatoms. The van der Waals surface area contributed by atoms with Gasteiger partial charge in [0.25, 0.3) is 5.56 Å². The fourth-order valence-corrected chi connectivity index (χ4v) is 3.33.